The predicted octanol–water partition coefficient (Wildman–Crippen LogP) is 4.01. The van der Waals surface area contributed by atoms with Gasteiger partial charge < -0.3 is 9.30 Å². The summed E-state index contributed by atoms with van der Waals surface area (Å²) in [6, 6.07) is 5.53. The molecule has 1 aromatic heterocycles. The molecule has 1 heterocycles. The number of rotatable bonds is 6. The summed E-state index contributed by atoms with van der Waals surface area (Å²) < 4.78 is 31.2. The molecule has 0 spiro atoms. The van der Waals surface area contributed by atoms with E-state index in [4.69, 9.17) is 15.4 Å². The summed E-state index contributed by atoms with van der Waals surface area (Å²) in [5, 5.41) is 0.568. The molecule has 0 saturated heterocycles. The zero-order valence-electron chi connectivity index (χ0n) is 12.5. The van der Waals surface area contributed by atoms with Gasteiger partial charge in [-0.3, -0.25) is 0 Å². The van der Waals surface area contributed by atoms with Crippen molar-refractivity contribution in [1.29, 1.82) is 0 Å². The Hall–Kier alpha value is -1.20. The van der Waals surface area contributed by atoms with Crippen molar-refractivity contribution in [1.82, 2.24) is 4.57 Å². The van der Waals surface area contributed by atoms with Gasteiger partial charge in [-0.1, -0.05) is 19.9 Å². The highest BCUT2D eigenvalue weighted by Gasteiger charge is 2.22. The first kappa shape index (κ1) is 16.2. The molecule has 116 valence electrons. The molecule has 0 radical (unpaired) electrons. The van der Waals surface area contributed by atoms with Crippen molar-refractivity contribution in [3.8, 4) is 5.75 Å². The Kier molecular flexibility index (Phi) is 4.84. The maximum atomic E-state index is 11.9. The molecular weight excluding hydrogens is 310 g/mol. The summed E-state index contributed by atoms with van der Waals surface area (Å²) in [7, 11) is 1.77. The van der Waals surface area contributed by atoms with Gasteiger partial charge in [0.25, 0.3) is 9.05 Å². The molecule has 0 aliphatic heterocycles. The van der Waals surface area contributed by atoms with Crippen molar-refractivity contribution in [2.75, 3.05) is 6.61 Å². The number of hydrogen-bond acceptors (Lipinski definition) is 3. The molecule has 0 amide bonds. The van der Waals surface area contributed by atoms with E-state index in [0.717, 1.165) is 18.5 Å². The molecule has 0 aliphatic rings. The van der Waals surface area contributed by atoms with E-state index in [1.165, 1.54) is 0 Å². The Labute approximate surface area is 130 Å². The van der Waals surface area contributed by atoms with E-state index >= 15 is 0 Å². The molecule has 4 nitrogen and oxygen atoms in total. The molecule has 6 heteroatoms. The zero-order chi connectivity index (χ0) is 15.6. The van der Waals surface area contributed by atoms with Gasteiger partial charge in [-0.15, -0.1) is 0 Å². The maximum absolute atomic E-state index is 11.9. The lowest BCUT2D eigenvalue weighted by molar-refractivity contribution is 0.344. The number of nitrogens with zero attached hydrogens (tertiary/aromatic N) is 1. The quantitative estimate of drug-likeness (QED) is 0.752. The van der Waals surface area contributed by atoms with Gasteiger partial charge in [0.05, 0.1) is 17.5 Å². The average molecular weight is 330 g/mol. The lowest BCUT2D eigenvalue weighted by Crippen LogP contribution is -2.00. The first-order valence-corrected chi connectivity index (χ1v) is 9.34. The average Bonchev–Trinajstić information content (AvgIpc) is 2.76. The fraction of sp³-hybridized carbons (Fsp3) is 0.467. The normalized spacial score (nSPS) is 12.2. The van der Waals surface area contributed by atoms with Crippen LogP contribution in [-0.2, 0) is 15.6 Å². The minimum absolute atomic E-state index is 0.118. The molecule has 0 fully saturated rings. The molecule has 0 aliphatic carbocycles. The highest BCUT2D eigenvalue weighted by Crippen LogP contribution is 2.35. The second-order valence-electron chi connectivity index (χ2n) is 5.39. The van der Waals surface area contributed by atoms with E-state index in [9.17, 15) is 8.42 Å². The number of aromatic nitrogens is 1. The highest BCUT2D eigenvalue weighted by atomic mass is 35.7. The number of ether oxygens (including phenoxy) is 1. The molecule has 0 bridgehead atoms. The Bertz CT molecular complexity index is 735. The third-order valence-electron chi connectivity index (χ3n) is 3.34. The summed E-state index contributed by atoms with van der Waals surface area (Å²) in [4.78, 5) is 0.118. The van der Waals surface area contributed by atoms with Gasteiger partial charge in [0.1, 0.15) is 10.6 Å². The van der Waals surface area contributed by atoms with E-state index in [1.54, 1.807) is 12.3 Å². The second-order valence-corrected chi connectivity index (χ2v) is 7.92. The second kappa shape index (κ2) is 6.28. The van der Waals surface area contributed by atoms with E-state index in [1.807, 2.05) is 23.6 Å². The smallest absolute Gasteiger partial charge is 0.263 e. The van der Waals surface area contributed by atoms with Crippen LogP contribution in [0.15, 0.2) is 29.3 Å². The predicted molar refractivity (Wildman–Crippen MR) is 85.6 cm³/mol. The van der Waals surface area contributed by atoms with Crippen LogP contribution in [0.5, 0.6) is 5.75 Å². The summed E-state index contributed by atoms with van der Waals surface area (Å²) in [6.45, 7) is 7.35. The first-order chi connectivity index (χ1) is 9.84. The number of benzene rings is 1. The van der Waals surface area contributed by atoms with Crippen LogP contribution in [0.4, 0.5) is 0 Å². The van der Waals surface area contributed by atoms with E-state index in [0.29, 0.717) is 23.7 Å². The van der Waals surface area contributed by atoms with E-state index in [-0.39, 0.29) is 4.90 Å². The fourth-order valence-corrected chi connectivity index (χ4v) is 3.38. The van der Waals surface area contributed by atoms with Gasteiger partial charge in [0, 0.05) is 23.4 Å². The molecule has 0 unspecified atom stereocenters. The van der Waals surface area contributed by atoms with Gasteiger partial charge in [-0.2, -0.15) is 0 Å². The molecule has 1 aromatic carbocycles. The van der Waals surface area contributed by atoms with E-state index in [2.05, 4.69) is 13.8 Å². The number of aryl methyl sites for hydroxylation is 1. The summed E-state index contributed by atoms with van der Waals surface area (Å²) >= 11 is 0. The van der Waals surface area contributed by atoms with Gasteiger partial charge in [-0.25, -0.2) is 8.42 Å². The molecule has 0 saturated carbocycles. The first-order valence-electron chi connectivity index (χ1n) is 7.04. The van der Waals surface area contributed by atoms with Crippen LogP contribution in [-0.4, -0.2) is 19.6 Å². The lowest BCUT2D eigenvalue weighted by Gasteiger charge is -2.09. The lowest BCUT2D eigenvalue weighted by atomic mass is 10.1. The third kappa shape index (κ3) is 3.52. The van der Waals surface area contributed by atoms with E-state index < -0.39 is 9.05 Å². The number of hydrogen-bond donors (Lipinski definition) is 0. The van der Waals surface area contributed by atoms with Crippen LogP contribution >= 0.6 is 10.7 Å². The van der Waals surface area contributed by atoms with Gasteiger partial charge in [0.15, 0.2) is 0 Å². The minimum atomic E-state index is -3.82. The summed E-state index contributed by atoms with van der Waals surface area (Å²) in [5.74, 6) is 1.09. The molecule has 21 heavy (non-hydrogen) atoms. The zero-order valence-corrected chi connectivity index (χ0v) is 14.0. The standard InChI is InChI=1S/C15H20ClNO3S/c1-4-20-13-7-5-6-12-15(13)14(21(16,18)19)10-17(12)9-8-11(2)3/h5-7,10-11H,4,8-9H2,1-3H3. The van der Waals surface area contributed by atoms with Crippen molar-refractivity contribution in [3.05, 3.63) is 24.4 Å². The molecule has 2 rings (SSSR count). The topological polar surface area (TPSA) is 48.3 Å². The van der Waals surface area contributed by atoms with Gasteiger partial charge >= 0.3 is 0 Å². The Morgan fingerprint density at radius 3 is 2.62 bits per heavy atom. The van der Waals surface area contributed by atoms with Gasteiger partial charge in [-0.05, 0) is 31.4 Å². The van der Waals surface area contributed by atoms with Crippen LogP contribution in [0.1, 0.15) is 27.2 Å². The van der Waals surface area contributed by atoms with Crippen LogP contribution in [0.25, 0.3) is 10.9 Å². The third-order valence-corrected chi connectivity index (χ3v) is 4.68. The number of fused-ring (bicyclic) bond motifs is 1. The Balaban J connectivity index is 2.65. The Morgan fingerprint density at radius 2 is 2.05 bits per heavy atom. The molecule has 0 N–H and O–H groups in total. The summed E-state index contributed by atoms with van der Waals surface area (Å²) in [5.41, 5.74) is 0.834. The summed E-state index contributed by atoms with van der Waals surface area (Å²) in [6.07, 6.45) is 2.57. The van der Waals surface area contributed by atoms with Crippen molar-refractivity contribution in [2.24, 2.45) is 5.92 Å². The van der Waals surface area contributed by atoms with Crippen LogP contribution in [0, 0.1) is 5.92 Å². The highest BCUT2D eigenvalue weighted by molar-refractivity contribution is 8.14. The van der Waals surface area contributed by atoms with Gasteiger partial charge in [0.2, 0.25) is 0 Å². The van der Waals surface area contributed by atoms with Crippen LogP contribution in [0.2, 0.25) is 0 Å². The monoisotopic (exact) mass is 329 g/mol. The van der Waals surface area contributed by atoms with Crippen molar-refractivity contribution < 1.29 is 13.2 Å². The molecule has 2 aromatic rings. The van der Waals surface area contributed by atoms with Crippen molar-refractivity contribution in [2.45, 2.75) is 38.6 Å². The van der Waals surface area contributed by atoms with Crippen molar-refractivity contribution in [3.63, 3.8) is 0 Å². The molecule has 0 atom stereocenters. The van der Waals surface area contributed by atoms with Crippen LogP contribution in [0.3, 0.4) is 0 Å². The van der Waals surface area contributed by atoms with Crippen molar-refractivity contribution >= 4 is 30.6 Å². The minimum Gasteiger partial charge on any atom is -0.493 e. The molecular formula is C15H20ClNO3S. The SMILES string of the molecule is CCOc1cccc2c1c(S(=O)(=O)Cl)cn2CCC(C)C. The largest absolute Gasteiger partial charge is 0.493 e. The maximum Gasteiger partial charge on any atom is 0.263 e. The van der Waals surface area contributed by atoms with Crippen LogP contribution < -0.4 is 4.74 Å². The number of halogens is 1. The fourth-order valence-electron chi connectivity index (χ4n) is 2.33. The Morgan fingerprint density at radius 1 is 1.33 bits per heavy atom.